The molecule has 1 aromatic carbocycles. The minimum Gasteiger partial charge on any atom is -0.444 e. The van der Waals surface area contributed by atoms with Crippen molar-refractivity contribution in [3.63, 3.8) is 0 Å². The molecule has 0 aliphatic carbocycles. The van der Waals surface area contributed by atoms with Gasteiger partial charge >= 0.3 is 6.09 Å². The van der Waals surface area contributed by atoms with E-state index in [0.717, 1.165) is 30.7 Å². The Hall–Kier alpha value is -3.67. The van der Waals surface area contributed by atoms with Crippen LogP contribution in [0.15, 0.2) is 29.2 Å². The van der Waals surface area contributed by atoms with Crippen LogP contribution in [0.5, 0.6) is 0 Å². The molecule has 3 amide bonds. The van der Waals surface area contributed by atoms with Crippen molar-refractivity contribution >= 4 is 34.4 Å². The Morgan fingerprint density at radius 3 is 2.08 bits per heavy atom. The Labute approximate surface area is 299 Å². The lowest BCUT2D eigenvalue weighted by Crippen LogP contribution is -2.50. The molecular weight excluding hydrogens is 664 g/mol. The van der Waals surface area contributed by atoms with Gasteiger partial charge in [0.05, 0.1) is 71.0 Å². The number of hydrogen-bond acceptors (Lipinski definition) is 13. The summed E-state index contributed by atoms with van der Waals surface area (Å²) in [7, 11) is 0. The summed E-state index contributed by atoms with van der Waals surface area (Å²) in [5.41, 5.74) is -0.245. The standard InChI is InChI=1S/C35H54N6O10/c1-35(2,3)51-34(45)40-14-12-39(13-15-40)11-5-16-46-18-20-48-22-24-50-25-23-49-21-19-47-17-10-36-28-7-4-6-27-26-37-41(33(44)31(27)28)29-8-9-30(42)38-32(29)43/h4,6-7,26,29,36H,5,8-25H2,1-3H3,(H,38,42,43). The second-order valence-corrected chi connectivity index (χ2v) is 13.3. The molecule has 0 radical (unpaired) electrons. The molecule has 2 aliphatic rings. The first-order valence-electron chi connectivity index (χ1n) is 17.8. The first-order chi connectivity index (χ1) is 24.6. The lowest BCUT2D eigenvalue weighted by Gasteiger charge is -2.35. The summed E-state index contributed by atoms with van der Waals surface area (Å²) in [6, 6.07) is 4.58. The molecule has 1 unspecified atom stereocenters. The number of anilines is 1. The van der Waals surface area contributed by atoms with Crippen molar-refractivity contribution in [1.82, 2.24) is 24.9 Å². The van der Waals surface area contributed by atoms with Crippen molar-refractivity contribution in [3.05, 3.63) is 34.7 Å². The molecule has 2 aromatic rings. The van der Waals surface area contributed by atoms with E-state index in [2.05, 4.69) is 20.6 Å². The monoisotopic (exact) mass is 718 g/mol. The number of nitrogens with one attached hydrogen (secondary N) is 2. The summed E-state index contributed by atoms with van der Waals surface area (Å²) < 4.78 is 34.6. The van der Waals surface area contributed by atoms with Crippen LogP contribution < -0.4 is 16.2 Å². The van der Waals surface area contributed by atoms with Gasteiger partial charge in [0.1, 0.15) is 11.6 Å². The minimum atomic E-state index is -0.823. The smallest absolute Gasteiger partial charge is 0.410 e. The second-order valence-electron chi connectivity index (χ2n) is 13.3. The zero-order valence-electron chi connectivity index (χ0n) is 30.2. The molecule has 284 valence electrons. The Kier molecular flexibility index (Phi) is 16.5. The number of piperazine rings is 1. The summed E-state index contributed by atoms with van der Waals surface area (Å²) in [5, 5.41) is 10.8. The number of piperidine rings is 1. The highest BCUT2D eigenvalue weighted by Gasteiger charge is 2.30. The van der Waals surface area contributed by atoms with Crippen LogP contribution in [0.1, 0.15) is 46.1 Å². The molecule has 0 bridgehead atoms. The van der Waals surface area contributed by atoms with Crippen LogP contribution in [0, 0.1) is 0 Å². The van der Waals surface area contributed by atoms with Crippen LogP contribution in [0.25, 0.3) is 10.8 Å². The van der Waals surface area contributed by atoms with Gasteiger partial charge in [0.15, 0.2) is 0 Å². The van der Waals surface area contributed by atoms with Gasteiger partial charge in [-0.1, -0.05) is 12.1 Å². The van der Waals surface area contributed by atoms with Crippen LogP contribution in [-0.4, -0.2) is 148 Å². The third-order valence-corrected chi connectivity index (χ3v) is 8.18. The molecule has 51 heavy (non-hydrogen) atoms. The van der Waals surface area contributed by atoms with Crippen molar-refractivity contribution in [2.24, 2.45) is 0 Å². The van der Waals surface area contributed by atoms with Gasteiger partial charge in [-0.15, -0.1) is 0 Å². The quantitative estimate of drug-likeness (QED) is 0.142. The number of imide groups is 1. The number of fused-ring (bicyclic) bond motifs is 1. The molecule has 1 atom stereocenters. The molecule has 16 heteroatoms. The summed E-state index contributed by atoms with van der Waals surface area (Å²) in [6.07, 6.45) is 2.63. The first-order valence-corrected chi connectivity index (χ1v) is 17.8. The molecule has 2 aliphatic heterocycles. The fraction of sp³-hybridized carbons (Fsp3) is 0.686. The van der Waals surface area contributed by atoms with Crippen LogP contribution in [0.4, 0.5) is 10.5 Å². The Morgan fingerprint density at radius 1 is 0.863 bits per heavy atom. The minimum absolute atomic E-state index is 0.159. The molecule has 0 spiro atoms. The fourth-order valence-corrected chi connectivity index (χ4v) is 5.60. The van der Waals surface area contributed by atoms with Crippen molar-refractivity contribution in [1.29, 1.82) is 0 Å². The number of nitrogens with zero attached hydrogens (tertiary/aromatic N) is 4. The first kappa shape index (κ1) is 40.1. The van der Waals surface area contributed by atoms with E-state index in [1.807, 2.05) is 26.8 Å². The number of carbonyl (C=O) groups excluding carboxylic acids is 3. The van der Waals surface area contributed by atoms with E-state index in [0.29, 0.717) is 102 Å². The van der Waals surface area contributed by atoms with Crippen molar-refractivity contribution in [2.75, 3.05) is 111 Å². The van der Waals surface area contributed by atoms with E-state index in [1.165, 1.54) is 0 Å². The van der Waals surface area contributed by atoms with E-state index < -0.39 is 23.1 Å². The van der Waals surface area contributed by atoms with Crippen LogP contribution >= 0.6 is 0 Å². The molecular formula is C35H54N6O10. The Bertz CT molecular complexity index is 1460. The van der Waals surface area contributed by atoms with E-state index in [-0.39, 0.29) is 24.8 Å². The predicted molar refractivity (Wildman–Crippen MR) is 189 cm³/mol. The third kappa shape index (κ3) is 13.8. The van der Waals surface area contributed by atoms with E-state index >= 15 is 0 Å². The van der Waals surface area contributed by atoms with Gasteiger partial charge < -0.3 is 38.6 Å². The molecule has 0 saturated carbocycles. The van der Waals surface area contributed by atoms with Crippen molar-refractivity contribution < 1.29 is 42.8 Å². The summed E-state index contributed by atoms with van der Waals surface area (Å²) in [6.45, 7) is 14.9. The SMILES string of the molecule is CC(C)(C)OC(=O)N1CCN(CCCOCCOCCOCCOCCOCCNc2cccc3cnn(C4CCC(=O)NC4=O)c(=O)c23)CC1. The third-order valence-electron chi connectivity index (χ3n) is 8.18. The van der Waals surface area contributed by atoms with Gasteiger partial charge in [-0.25, -0.2) is 9.48 Å². The topological polar surface area (TPSA) is 172 Å². The largest absolute Gasteiger partial charge is 0.444 e. The number of aromatic nitrogens is 2. The summed E-state index contributed by atoms with van der Waals surface area (Å²) in [4.78, 5) is 53.4. The predicted octanol–water partition coefficient (Wildman–Crippen LogP) is 1.81. The number of benzene rings is 1. The fourth-order valence-electron chi connectivity index (χ4n) is 5.60. The highest BCUT2D eigenvalue weighted by atomic mass is 16.6. The Morgan fingerprint density at radius 2 is 1.47 bits per heavy atom. The van der Waals surface area contributed by atoms with Gasteiger partial charge in [-0.05, 0) is 39.7 Å². The summed E-state index contributed by atoms with van der Waals surface area (Å²) >= 11 is 0. The number of hydrogen-bond donors (Lipinski definition) is 2. The molecule has 2 saturated heterocycles. The maximum atomic E-state index is 13.3. The molecule has 3 heterocycles. The highest BCUT2D eigenvalue weighted by Crippen LogP contribution is 2.22. The molecule has 2 N–H and O–H groups in total. The average Bonchev–Trinajstić information content (AvgIpc) is 3.09. The maximum Gasteiger partial charge on any atom is 0.410 e. The number of amides is 3. The van der Waals surface area contributed by atoms with Gasteiger partial charge in [0.2, 0.25) is 5.91 Å². The van der Waals surface area contributed by atoms with E-state index in [9.17, 15) is 19.2 Å². The second kappa shape index (κ2) is 21.0. The number of carbonyl (C=O) groups is 3. The van der Waals surface area contributed by atoms with E-state index in [4.69, 9.17) is 28.4 Å². The van der Waals surface area contributed by atoms with Gasteiger partial charge in [0, 0.05) is 63.4 Å². The number of rotatable bonds is 21. The lowest BCUT2D eigenvalue weighted by atomic mass is 10.1. The average molecular weight is 719 g/mol. The molecule has 16 nitrogen and oxygen atoms in total. The zero-order valence-corrected chi connectivity index (χ0v) is 30.2. The van der Waals surface area contributed by atoms with Gasteiger partial charge in [-0.3, -0.25) is 24.6 Å². The lowest BCUT2D eigenvalue weighted by molar-refractivity contribution is -0.136. The van der Waals surface area contributed by atoms with Crippen LogP contribution in [0.2, 0.25) is 0 Å². The normalized spacial score (nSPS) is 17.2. The van der Waals surface area contributed by atoms with E-state index in [1.54, 1.807) is 23.2 Å². The molecule has 1 aromatic heterocycles. The van der Waals surface area contributed by atoms with Crippen LogP contribution in [-0.2, 0) is 38.0 Å². The Balaban J connectivity index is 0.934. The van der Waals surface area contributed by atoms with Crippen LogP contribution in [0.3, 0.4) is 0 Å². The van der Waals surface area contributed by atoms with Gasteiger partial charge in [0.25, 0.3) is 11.5 Å². The van der Waals surface area contributed by atoms with Gasteiger partial charge in [-0.2, -0.15) is 5.10 Å². The zero-order chi connectivity index (χ0) is 36.5. The van der Waals surface area contributed by atoms with Crippen molar-refractivity contribution in [2.45, 2.75) is 51.7 Å². The maximum absolute atomic E-state index is 13.3. The molecule has 4 rings (SSSR count). The van der Waals surface area contributed by atoms with Crippen molar-refractivity contribution in [3.8, 4) is 0 Å². The molecule has 2 fully saturated rings. The summed E-state index contributed by atoms with van der Waals surface area (Å²) in [5.74, 6) is -0.868. The number of ether oxygens (including phenoxy) is 6. The highest BCUT2D eigenvalue weighted by molar-refractivity contribution is 5.99.